The van der Waals surface area contributed by atoms with Crippen molar-refractivity contribution in [1.82, 2.24) is 0 Å². The van der Waals surface area contributed by atoms with E-state index in [0.29, 0.717) is 6.61 Å². The van der Waals surface area contributed by atoms with E-state index in [0.717, 1.165) is 27.5 Å². The Balaban J connectivity index is 1.44. The molecule has 0 amide bonds. The van der Waals surface area contributed by atoms with E-state index < -0.39 is 0 Å². The Labute approximate surface area is 186 Å². The predicted octanol–water partition coefficient (Wildman–Crippen LogP) is 6.94. The van der Waals surface area contributed by atoms with Gasteiger partial charge < -0.3 is 14.6 Å². The van der Waals surface area contributed by atoms with Crippen molar-refractivity contribution in [3.05, 3.63) is 120 Å². The molecule has 2 atom stereocenters. The zero-order valence-electron chi connectivity index (χ0n) is 16.8. The van der Waals surface area contributed by atoms with Gasteiger partial charge in [-0.1, -0.05) is 72.8 Å². The zero-order valence-corrected chi connectivity index (χ0v) is 17.7. The Morgan fingerprint density at radius 1 is 0.774 bits per heavy atom. The van der Waals surface area contributed by atoms with Crippen LogP contribution in [0.4, 0.5) is 0 Å². The van der Waals surface area contributed by atoms with E-state index in [1.165, 1.54) is 5.56 Å². The van der Waals surface area contributed by atoms with Gasteiger partial charge in [0.2, 0.25) is 0 Å². The molecule has 0 radical (unpaired) electrons. The van der Waals surface area contributed by atoms with E-state index in [4.69, 9.17) is 9.47 Å². The molecule has 4 aromatic rings. The highest BCUT2D eigenvalue weighted by molar-refractivity contribution is 7.99. The highest BCUT2D eigenvalue weighted by Crippen LogP contribution is 2.53. The highest BCUT2D eigenvalue weighted by Gasteiger charge is 2.33. The van der Waals surface area contributed by atoms with Crippen LogP contribution in [0.3, 0.4) is 0 Å². The summed E-state index contributed by atoms with van der Waals surface area (Å²) in [6.45, 7) is 0.531. The normalized spacial score (nSPS) is 17.4. The number of phenols is 1. The van der Waals surface area contributed by atoms with Gasteiger partial charge in [-0.15, -0.1) is 11.8 Å². The number of phenolic OH excluding ortho intramolecular Hbond substituents is 1. The molecule has 1 aliphatic heterocycles. The maximum absolute atomic E-state index is 9.70. The van der Waals surface area contributed by atoms with Crippen LogP contribution in [0.25, 0.3) is 0 Å². The lowest BCUT2D eigenvalue weighted by molar-refractivity contribution is 0.190. The fourth-order valence-corrected chi connectivity index (χ4v) is 5.02. The third-order valence-electron chi connectivity index (χ3n) is 5.30. The van der Waals surface area contributed by atoms with Crippen molar-refractivity contribution in [2.75, 3.05) is 0 Å². The molecule has 154 valence electrons. The lowest BCUT2D eigenvalue weighted by Crippen LogP contribution is -2.19. The highest BCUT2D eigenvalue weighted by atomic mass is 32.2. The molecule has 3 nitrogen and oxygen atoms in total. The molecule has 4 heteroatoms. The van der Waals surface area contributed by atoms with Crippen molar-refractivity contribution >= 4 is 11.8 Å². The minimum absolute atomic E-state index is 0.0858. The van der Waals surface area contributed by atoms with Gasteiger partial charge in [0.1, 0.15) is 30.0 Å². The molecule has 0 unspecified atom stereocenters. The first-order valence-electron chi connectivity index (χ1n) is 10.2. The van der Waals surface area contributed by atoms with Crippen molar-refractivity contribution < 1.29 is 14.6 Å². The molecule has 4 aromatic carbocycles. The van der Waals surface area contributed by atoms with Crippen LogP contribution in [-0.2, 0) is 6.61 Å². The van der Waals surface area contributed by atoms with Crippen molar-refractivity contribution in [1.29, 1.82) is 0 Å². The first kappa shape index (κ1) is 19.6. The molecule has 0 saturated carbocycles. The van der Waals surface area contributed by atoms with Gasteiger partial charge in [0.25, 0.3) is 0 Å². The van der Waals surface area contributed by atoms with Crippen LogP contribution in [0.1, 0.15) is 28.0 Å². The van der Waals surface area contributed by atoms with Crippen molar-refractivity contribution in [3.63, 3.8) is 0 Å². The smallest absolute Gasteiger partial charge is 0.140 e. The number of rotatable bonds is 5. The standard InChI is InChI=1S/C27H22O3S/c28-22-13-11-20(12-14-22)26-27(21-9-5-2-6-10-21)31-25-17-23(15-16-24(25)30-26)29-18-19-7-3-1-4-8-19/h1-17,26-28H,18H2/t26-,27+/m1/s1. The van der Waals surface area contributed by atoms with E-state index in [2.05, 4.69) is 42.5 Å². The summed E-state index contributed by atoms with van der Waals surface area (Å²) in [5, 5.41) is 9.78. The molecule has 0 saturated heterocycles. The summed E-state index contributed by atoms with van der Waals surface area (Å²) in [6.07, 6.45) is -0.156. The van der Waals surface area contributed by atoms with Crippen LogP contribution in [0.2, 0.25) is 0 Å². The molecule has 1 heterocycles. The second-order valence-corrected chi connectivity index (χ2v) is 8.65. The Hall–Kier alpha value is -3.37. The number of ether oxygens (including phenoxy) is 2. The van der Waals surface area contributed by atoms with Crippen LogP contribution >= 0.6 is 11.8 Å². The van der Waals surface area contributed by atoms with Crippen LogP contribution in [0.15, 0.2) is 108 Å². The van der Waals surface area contributed by atoms with Crippen molar-refractivity contribution in [2.24, 2.45) is 0 Å². The molecule has 1 N–H and O–H groups in total. The van der Waals surface area contributed by atoms with Crippen molar-refractivity contribution in [3.8, 4) is 17.2 Å². The molecule has 0 fully saturated rings. The van der Waals surface area contributed by atoms with Crippen LogP contribution in [0.5, 0.6) is 17.2 Å². The average Bonchev–Trinajstić information content (AvgIpc) is 2.83. The SMILES string of the molecule is Oc1ccc([C@H]2Oc3ccc(OCc4ccccc4)cc3S[C@H]2c2ccccc2)cc1. The second-order valence-electron chi connectivity index (χ2n) is 7.46. The van der Waals surface area contributed by atoms with Gasteiger partial charge >= 0.3 is 0 Å². The minimum atomic E-state index is -0.156. The van der Waals surface area contributed by atoms with E-state index >= 15 is 0 Å². The predicted molar refractivity (Wildman–Crippen MR) is 124 cm³/mol. The van der Waals surface area contributed by atoms with Gasteiger partial charge in [0.05, 0.1) is 10.1 Å². The quantitative estimate of drug-likeness (QED) is 0.375. The molecule has 5 rings (SSSR count). The maximum Gasteiger partial charge on any atom is 0.140 e. The number of benzene rings is 4. The summed E-state index contributed by atoms with van der Waals surface area (Å²) in [4.78, 5) is 1.06. The van der Waals surface area contributed by atoms with Gasteiger partial charge in [0, 0.05) is 0 Å². The van der Waals surface area contributed by atoms with Crippen LogP contribution < -0.4 is 9.47 Å². The lowest BCUT2D eigenvalue weighted by Gasteiger charge is -2.34. The first-order chi connectivity index (χ1) is 15.3. The average molecular weight is 427 g/mol. The third kappa shape index (κ3) is 4.39. The number of hydrogen-bond donors (Lipinski definition) is 1. The molecule has 0 aromatic heterocycles. The number of thioether (sulfide) groups is 1. The van der Waals surface area contributed by atoms with E-state index in [1.54, 1.807) is 23.9 Å². The summed E-state index contributed by atoms with van der Waals surface area (Å²) >= 11 is 1.79. The van der Waals surface area contributed by atoms with Crippen molar-refractivity contribution in [2.45, 2.75) is 22.9 Å². The minimum Gasteiger partial charge on any atom is -0.508 e. The van der Waals surface area contributed by atoms with E-state index in [9.17, 15) is 5.11 Å². The zero-order chi connectivity index (χ0) is 21.0. The molecule has 0 spiro atoms. The second kappa shape index (κ2) is 8.78. The van der Waals surface area contributed by atoms with Gasteiger partial charge in [-0.3, -0.25) is 0 Å². The Bertz CT molecular complexity index is 1140. The Morgan fingerprint density at radius 2 is 1.48 bits per heavy atom. The molecule has 1 aliphatic rings. The summed E-state index contributed by atoms with van der Waals surface area (Å²) in [6, 6.07) is 33.8. The number of fused-ring (bicyclic) bond motifs is 1. The monoisotopic (exact) mass is 426 g/mol. The maximum atomic E-state index is 9.70. The van der Waals surface area contributed by atoms with E-state index in [-0.39, 0.29) is 17.1 Å². The number of hydrogen-bond acceptors (Lipinski definition) is 4. The van der Waals surface area contributed by atoms with Gasteiger partial charge in [-0.2, -0.15) is 0 Å². The van der Waals surface area contributed by atoms with Crippen LogP contribution in [-0.4, -0.2) is 5.11 Å². The fraction of sp³-hybridized carbons (Fsp3) is 0.111. The van der Waals surface area contributed by atoms with E-state index in [1.807, 2.05) is 48.5 Å². The van der Waals surface area contributed by atoms with Gasteiger partial charge in [-0.25, -0.2) is 0 Å². The summed E-state index contributed by atoms with van der Waals surface area (Å²) in [7, 11) is 0. The molecule has 31 heavy (non-hydrogen) atoms. The van der Waals surface area contributed by atoms with Gasteiger partial charge in [0.15, 0.2) is 0 Å². The van der Waals surface area contributed by atoms with Gasteiger partial charge in [-0.05, 0) is 47.0 Å². The third-order valence-corrected chi connectivity index (χ3v) is 6.64. The Kier molecular flexibility index (Phi) is 5.55. The summed E-state index contributed by atoms with van der Waals surface area (Å²) < 4.78 is 12.5. The number of aromatic hydroxyl groups is 1. The molecule has 0 aliphatic carbocycles. The largest absolute Gasteiger partial charge is 0.508 e. The molecular weight excluding hydrogens is 404 g/mol. The topological polar surface area (TPSA) is 38.7 Å². The van der Waals surface area contributed by atoms with Crippen LogP contribution in [0, 0.1) is 0 Å². The summed E-state index contributed by atoms with van der Waals surface area (Å²) in [5.41, 5.74) is 3.37. The molecular formula is C27H22O3S. The first-order valence-corrected chi connectivity index (χ1v) is 11.1. The Morgan fingerprint density at radius 3 is 2.23 bits per heavy atom. The molecule has 0 bridgehead atoms. The summed E-state index contributed by atoms with van der Waals surface area (Å²) in [5.74, 6) is 1.93. The lowest BCUT2D eigenvalue weighted by atomic mass is 10.00. The fourth-order valence-electron chi connectivity index (χ4n) is 3.70.